The van der Waals surface area contributed by atoms with Crippen LogP contribution in [0.1, 0.15) is 39.5 Å². The van der Waals surface area contributed by atoms with Crippen LogP contribution in [0.5, 0.6) is 0 Å². The van der Waals surface area contributed by atoms with Crippen molar-refractivity contribution < 1.29 is 0 Å². The van der Waals surface area contributed by atoms with Gasteiger partial charge in [-0.25, -0.2) is 0 Å². The average molecular weight is 222 g/mol. The summed E-state index contributed by atoms with van der Waals surface area (Å²) in [6.45, 7) is 8.35. The van der Waals surface area contributed by atoms with E-state index in [0.29, 0.717) is 6.04 Å². The van der Waals surface area contributed by atoms with E-state index in [1.807, 2.05) is 0 Å². The largest absolute Gasteiger partial charge is 0.311 e. The van der Waals surface area contributed by atoms with Gasteiger partial charge >= 0.3 is 0 Å². The Balaban J connectivity index is 1.88. The summed E-state index contributed by atoms with van der Waals surface area (Å²) < 4.78 is 0. The fourth-order valence-electron chi connectivity index (χ4n) is 2.91. The Morgan fingerprint density at radius 2 is 2.31 bits per heavy atom. The van der Waals surface area contributed by atoms with Gasteiger partial charge in [0.15, 0.2) is 0 Å². The Kier molecular flexibility index (Phi) is 4.42. The van der Waals surface area contributed by atoms with E-state index in [0.717, 1.165) is 12.0 Å². The monoisotopic (exact) mass is 222 g/mol. The van der Waals surface area contributed by atoms with Gasteiger partial charge in [-0.2, -0.15) is 0 Å². The molecule has 0 radical (unpaired) electrons. The summed E-state index contributed by atoms with van der Waals surface area (Å²) in [4.78, 5) is 2.72. The molecule has 2 rings (SSSR count). The molecule has 2 aliphatic rings. The van der Waals surface area contributed by atoms with Crippen LogP contribution in [0, 0.1) is 5.92 Å². The summed E-state index contributed by atoms with van der Waals surface area (Å²) in [7, 11) is 0. The lowest BCUT2D eigenvalue weighted by Crippen LogP contribution is -2.56. The highest BCUT2D eigenvalue weighted by Crippen LogP contribution is 2.21. The number of nitrogens with zero attached hydrogens (tertiary/aromatic N) is 1. The molecule has 2 heteroatoms. The smallest absolute Gasteiger partial charge is 0.0221 e. The first-order chi connectivity index (χ1) is 7.81. The highest BCUT2D eigenvalue weighted by Gasteiger charge is 2.27. The molecular formula is C14H26N2. The number of hydrogen-bond acceptors (Lipinski definition) is 2. The van der Waals surface area contributed by atoms with E-state index in [1.54, 1.807) is 0 Å². The van der Waals surface area contributed by atoms with E-state index in [4.69, 9.17) is 0 Å². The van der Waals surface area contributed by atoms with Gasteiger partial charge in [0, 0.05) is 31.7 Å². The Labute approximate surface area is 100 Å². The van der Waals surface area contributed by atoms with E-state index in [2.05, 4.69) is 36.2 Å². The predicted octanol–water partition coefficient (Wildman–Crippen LogP) is 2.42. The summed E-state index contributed by atoms with van der Waals surface area (Å²) in [6, 6.07) is 1.53. The lowest BCUT2D eigenvalue weighted by molar-refractivity contribution is 0.116. The second-order valence-corrected chi connectivity index (χ2v) is 5.38. The van der Waals surface area contributed by atoms with Crippen LogP contribution in [-0.2, 0) is 0 Å². The summed E-state index contributed by atoms with van der Waals surface area (Å²) in [5, 5.41) is 3.68. The molecule has 3 atom stereocenters. The van der Waals surface area contributed by atoms with E-state index in [-0.39, 0.29) is 0 Å². The molecule has 0 spiro atoms. The lowest BCUT2D eigenvalue weighted by Gasteiger charge is -2.41. The molecule has 1 fully saturated rings. The Hall–Kier alpha value is -0.340. The van der Waals surface area contributed by atoms with E-state index >= 15 is 0 Å². The van der Waals surface area contributed by atoms with Crippen LogP contribution in [0.3, 0.4) is 0 Å². The van der Waals surface area contributed by atoms with Crippen LogP contribution in [0.15, 0.2) is 12.2 Å². The molecule has 1 N–H and O–H groups in total. The maximum absolute atomic E-state index is 3.68. The van der Waals surface area contributed by atoms with Crippen molar-refractivity contribution in [1.29, 1.82) is 0 Å². The van der Waals surface area contributed by atoms with Crippen LogP contribution in [0.4, 0.5) is 0 Å². The van der Waals surface area contributed by atoms with Gasteiger partial charge in [0.2, 0.25) is 0 Å². The molecule has 2 nitrogen and oxygen atoms in total. The second kappa shape index (κ2) is 5.83. The third-order valence-electron chi connectivity index (χ3n) is 4.33. The first kappa shape index (κ1) is 12.1. The van der Waals surface area contributed by atoms with Crippen LogP contribution in [-0.4, -0.2) is 36.6 Å². The van der Waals surface area contributed by atoms with Crippen LogP contribution in [0.2, 0.25) is 0 Å². The molecule has 1 heterocycles. The molecule has 1 aliphatic heterocycles. The molecular weight excluding hydrogens is 196 g/mol. The highest BCUT2D eigenvalue weighted by molar-refractivity contribution is 4.96. The highest BCUT2D eigenvalue weighted by atomic mass is 15.2. The normalized spacial score (nSPS) is 33.9. The molecule has 1 saturated heterocycles. The Bertz CT molecular complexity index is 237. The SMILES string of the molecule is CCC(C)C1CN(C2CC=CCC2)CCN1. The van der Waals surface area contributed by atoms with Crippen molar-refractivity contribution in [2.24, 2.45) is 5.92 Å². The van der Waals surface area contributed by atoms with E-state index in [1.165, 1.54) is 45.3 Å². The summed E-state index contributed by atoms with van der Waals surface area (Å²) in [5.41, 5.74) is 0. The quantitative estimate of drug-likeness (QED) is 0.738. The zero-order chi connectivity index (χ0) is 11.4. The van der Waals surface area contributed by atoms with Crippen LogP contribution < -0.4 is 5.32 Å². The molecule has 92 valence electrons. The van der Waals surface area contributed by atoms with Gasteiger partial charge in [-0.15, -0.1) is 0 Å². The predicted molar refractivity (Wildman–Crippen MR) is 69.6 cm³/mol. The van der Waals surface area contributed by atoms with Gasteiger partial charge in [0.25, 0.3) is 0 Å². The number of nitrogens with one attached hydrogen (secondary N) is 1. The van der Waals surface area contributed by atoms with Crippen LogP contribution >= 0.6 is 0 Å². The van der Waals surface area contributed by atoms with Gasteiger partial charge in [0.1, 0.15) is 0 Å². The summed E-state index contributed by atoms with van der Waals surface area (Å²) >= 11 is 0. The standard InChI is InChI=1S/C14H26N2/c1-3-12(2)14-11-16(10-9-15-14)13-7-5-4-6-8-13/h4-5,12-15H,3,6-11H2,1-2H3. The molecule has 0 aromatic heterocycles. The van der Waals surface area contributed by atoms with Crippen molar-refractivity contribution in [3.63, 3.8) is 0 Å². The molecule has 3 unspecified atom stereocenters. The zero-order valence-electron chi connectivity index (χ0n) is 10.8. The second-order valence-electron chi connectivity index (χ2n) is 5.38. The number of hydrogen-bond donors (Lipinski definition) is 1. The van der Waals surface area contributed by atoms with Gasteiger partial charge in [-0.3, -0.25) is 4.90 Å². The maximum atomic E-state index is 3.68. The third kappa shape index (κ3) is 2.86. The first-order valence-corrected chi connectivity index (χ1v) is 6.93. The molecule has 0 bridgehead atoms. The summed E-state index contributed by atoms with van der Waals surface area (Å²) in [5.74, 6) is 0.807. The van der Waals surface area contributed by atoms with Crippen molar-refractivity contribution in [3.8, 4) is 0 Å². The zero-order valence-corrected chi connectivity index (χ0v) is 10.8. The summed E-state index contributed by atoms with van der Waals surface area (Å²) in [6.07, 6.45) is 9.91. The molecule has 0 aromatic rings. The van der Waals surface area contributed by atoms with Crippen molar-refractivity contribution in [2.75, 3.05) is 19.6 Å². The molecule has 1 aliphatic carbocycles. The van der Waals surface area contributed by atoms with Crippen molar-refractivity contribution in [3.05, 3.63) is 12.2 Å². The number of piperazine rings is 1. The molecule has 0 amide bonds. The minimum atomic E-state index is 0.713. The van der Waals surface area contributed by atoms with Crippen molar-refractivity contribution in [1.82, 2.24) is 10.2 Å². The van der Waals surface area contributed by atoms with Crippen molar-refractivity contribution >= 4 is 0 Å². The first-order valence-electron chi connectivity index (χ1n) is 6.93. The van der Waals surface area contributed by atoms with Gasteiger partial charge in [-0.05, 0) is 25.2 Å². The Morgan fingerprint density at radius 1 is 1.44 bits per heavy atom. The van der Waals surface area contributed by atoms with Crippen LogP contribution in [0.25, 0.3) is 0 Å². The topological polar surface area (TPSA) is 15.3 Å². The van der Waals surface area contributed by atoms with E-state index < -0.39 is 0 Å². The van der Waals surface area contributed by atoms with E-state index in [9.17, 15) is 0 Å². The van der Waals surface area contributed by atoms with Gasteiger partial charge < -0.3 is 5.32 Å². The fraction of sp³-hybridized carbons (Fsp3) is 0.857. The minimum absolute atomic E-state index is 0.713. The molecule has 0 aromatic carbocycles. The van der Waals surface area contributed by atoms with Gasteiger partial charge in [-0.1, -0.05) is 32.4 Å². The third-order valence-corrected chi connectivity index (χ3v) is 4.33. The average Bonchev–Trinajstić information content (AvgIpc) is 2.39. The molecule has 16 heavy (non-hydrogen) atoms. The number of allylic oxidation sites excluding steroid dienone is 1. The maximum Gasteiger partial charge on any atom is 0.0221 e. The van der Waals surface area contributed by atoms with Crippen molar-refractivity contribution in [2.45, 2.75) is 51.6 Å². The van der Waals surface area contributed by atoms with Gasteiger partial charge in [0.05, 0.1) is 0 Å². The fourth-order valence-corrected chi connectivity index (χ4v) is 2.91. The number of rotatable bonds is 3. The lowest BCUT2D eigenvalue weighted by atomic mass is 9.94. The molecule has 0 saturated carbocycles. The minimum Gasteiger partial charge on any atom is -0.311 e. The Morgan fingerprint density at radius 3 is 3.00 bits per heavy atom.